The standard InChI is InChI=1S/C13H20N2O2/c1-9-5-6-11(10(2)15-9)12(17)14-7-13(3,4)8-16/h5-6,16H,7-8H2,1-4H3,(H,14,17). The number of aliphatic hydroxyl groups excluding tert-OH is 1. The highest BCUT2D eigenvalue weighted by Crippen LogP contribution is 2.12. The fourth-order valence-corrected chi connectivity index (χ4v) is 1.40. The van der Waals surface area contributed by atoms with Gasteiger partial charge in [0.15, 0.2) is 0 Å². The SMILES string of the molecule is Cc1ccc(C(=O)NCC(C)(C)CO)c(C)n1. The van der Waals surface area contributed by atoms with Crippen molar-refractivity contribution in [2.45, 2.75) is 27.7 Å². The lowest BCUT2D eigenvalue weighted by molar-refractivity contribution is 0.0910. The second-order valence-electron chi connectivity index (χ2n) is 5.09. The molecule has 1 aromatic rings. The number of rotatable bonds is 4. The number of aryl methyl sites for hydroxylation is 2. The number of aliphatic hydroxyl groups is 1. The van der Waals surface area contributed by atoms with Gasteiger partial charge in [-0.05, 0) is 26.0 Å². The summed E-state index contributed by atoms with van der Waals surface area (Å²) >= 11 is 0. The first-order chi connectivity index (χ1) is 7.85. The Kier molecular flexibility index (Phi) is 4.23. The first kappa shape index (κ1) is 13.6. The minimum atomic E-state index is -0.304. The van der Waals surface area contributed by atoms with E-state index in [2.05, 4.69) is 10.3 Å². The van der Waals surface area contributed by atoms with Gasteiger partial charge in [0.25, 0.3) is 5.91 Å². The Bertz CT molecular complexity index is 414. The molecule has 0 atom stereocenters. The molecule has 0 aliphatic rings. The van der Waals surface area contributed by atoms with Gasteiger partial charge in [0, 0.05) is 24.3 Å². The number of amides is 1. The highest BCUT2D eigenvalue weighted by molar-refractivity contribution is 5.95. The normalized spacial score (nSPS) is 11.4. The molecule has 4 nitrogen and oxygen atoms in total. The van der Waals surface area contributed by atoms with E-state index in [1.807, 2.05) is 33.8 Å². The maximum Gasteiger partial charge on any atom is 0.253 e. The van der Waals surface area contributed by atoms with E-state index >= 15 is 0 Å². The van der Waals surface area contributed by atoms with Gasteiger partial charge >= 0.3 is 0 Å². The van der Waals surface area contributed by atoms with E-state index in [-0.39, 0.29) is 17.9 Å². The van der Waals surface area contributed by atoms with Crippen molar-refractivity contribution in [1.29, 1.82) is 0 Å². The monoisotopic (exact) mass is 236 g/mol. The van der Waals surface area contributed by atoms with Gasteiger partial charge in [-0.1, -0.05) is 13.8 Å². The zero-order valence-corrected chi connectivity index (χ0v) is 10.9. The molecular weight excluding hydrogens is 216 g/mol. The van der Waals surface area contributed by atoms with Crippen LogP contribution in [0.4, 0.5) is 0 Å². The van der Waals surface area contributed by atoms with Crippen LogP contribution in [0.3, 0.4) is 0 Å². The topological polar surface area (TPSA) is 62.2 Å². The smallest absolute Gasteiger partial charge is 0.253 e. The van der Waals surface area contributed by atoms with Gasteiger partial charge in [0.2, 0.25) is 0 Å². The second kappa shape index (κ2) is 5.27. The molecule has 0 saturated heterocycles. The summed E-state index contributed by atoms with van der Waals surface area (Å²) in [5, 5.41) is 11.9. The van der Waals surface area contributed by atoms with E-state index in [0.717, 1.165) is 11.4 Å². The maximum atomic E-state index is 11.9. The van der Waals surface area contributed by atoms with Crippen LogP contribution in [-0.4, -0.2) is 29.1 Å². The van der Waals surface area contributed by atoms with E-state index in [4.69, 9.17) is 5.11 Å². The summed E-state index contributed by atoms with van der Waals surface area (Å²) in [4.78, 5) is 16.2. The molecule has 0 fully saturated rings. The minimum Gasteiger partial charge on any atom is -0.396 e. The Morgan fingerprint density at radius 3 is 2.59 bits per heavy atom. The zero-order valence-electron chi connectivity index (χ0n) is 10.9. The molecule has 0 spiro atoms. The van der Waals surface area contributed by atoms with E-state index in [1.54, 1.807) is 6.07 Å². The molecular formula is C13H20N2O2. The second-order valence-corrected chi connectivity index (χ2v) is 5.09. The summed E-state index contributed by atoms with van der Waals surface area (Å²) in [5.74, 6) is -0.142. The predicted molar refractivity (Wildman–Crippen MR) is 66.9 cm³/mol. The molecule has 1 heterocycles. The molecule has 0 bridgehead atoms. The maximum absolute atomic E-state index is 11.9. The fourth-order valence-electron chi connectivity index (χ4n) is 1.40. The number of pyridine rings is 1. The molecule has 94 valence electrons. The van der Waals surface area contributed by atoms with Crippen LogP contribution in [0, 0.1) is 19.3 Å². The van der Waals surface area contributed by atoms with Crippen molar-refractivity contribution in [2.75, 3.05) is 13.2 Å². The number of nitrogens with one attached hydrogen (secondary N) is 1. The lowest BCUT2D eigenvalue weighted by Crippen LogP contribution is -2.36. The van der Waals surface area contributed by atoms with Crippen LogP contribution in [-0.2, 0) is 0 Å². The molecule has 1 amide bonds. The Morgan fingerprint density at radius 1 is 1.41 bits per heavy atom. The Hall–Kier alpha value is -1.42. The van der Waals surface area contributed by atoms with Gasteiger partial charge in [0.05, 0.1) is 11.3 Å². The number of hydrogen-bond acceptors (Lipinski definition) is 3. The van der Waals surface area contributed by atoms with Crippen LogP contribution in [0.25, 0.3) is 0 Å². The lowest BCUT2D eigenvalue weighted by atomic mass is 9.95. The summed E-state index contributed by atoms with van der Waals surface area (Å²) in [6.45, 7) is 7.98. The zero-order chi connectivity index (χ0) is 13.1. The predicted octanol–water partition coefficient (Wildman–Crippen LogP) is 1.45. The van der Waals surface area contributed by atoms with Crippen LogP contribution in [0.1, 0.15) is 35.6 Å². The van der Waals surface area contributed by atoms with E-state index in [9.17, 15) is 4.79 Å². The van der Waals surface area contributed by atoms with Gasteiger partial charge in [-0.2, -0.15) is 0 Å². The lowest BCUT2D eigenvalue weighted by Gasteiger charge is -2.22. The van der Waals surface area contributed by atoms with Crippen molar-refractivity contribution in [3.63, 3.8) is 0 Å². The molecule has 4 heteroatoms. The fraction of sp³-hybridized carbons (Fsp3) is 0.538. The average molecular weight is 236 g/mol. The van der Waals surface area contributed by atoms with Gasteiger partial charge in [-0.3, -0.25) is 9.78 Å². The Morgan fingerprint density at radius 2 is 2.06 bits per heavy atom. The highest BCUT2D eigenvalue weighted by atomic mass is 16.3. The molecule has 0 unspecified atom stereocenters. The summed E-state index contributed by atoms with van der Waals surface area (Å²) in [5.41, 5.74) is 1.91. The third-order valence-corrected chi connectivity index (χ3v) is 2.63. The molecule has 0 saturated carbocycles. The van der Waals surface area contributed by atoms with Crippen LogP contribution in [0.15, 0.2) is 12.1 Å². The average Bonchev–Trinajstić information content (AvgIpc) is 2.26. The number of carbonyl (C=O) groups excluding carboxylic acids is 1. The highest BCUT2D eigenvalue weighted by Gasteiger charge is 2.18. The van der Waals surface area contributed by atoms with Crippen LogP contribution < -0.4 is 5.32 Å². The first-order valence-corrected chi connectivity index (χ1v) is 5.69. The summed E-state index contributed by atoms with van der Waals surface area (Å²) in [6, 6.07) is 3.60. The van der Waals surface area contributed by atoms with Gasteiger partial charge in [0.1, 0.15) is 0 Å². The minimum absolute atomic E-state index is 0.0401. The van der Waals surface area contributed by atoms with E-state index in [1.165, 1.54) is 0 Å². The van der Waals surface area contributed by atoms with Crippen LogP contribution >= 0.6 is 0 Å². The van der Waals surface area contributed by atoms with Gasteiger partial charge in [-0.25, -0.2) is 0 Å². The Balaban J connectivity index is 2.71. The molecule has 1 rings (SSSR count). The van der Waals surface area contributed by atoms with E-state index in [0.29, 0.717) is 12.1 Å². The molecule has 2 N–H and O–H groups in total. The Labute approximate surface area is 102 Å². The molecule has 0 radical (unpaired) electrons. The third kappa shape index (κ3) is 3.82. The molecule has 0 aliphatic carbocycles. The number of hydrogen-bond donors (Lipinski definition) is 2. The quantitative estimate of drug-likeness (QED) is 0.831. The summed E-state index contributed by atoms with van der Waals surface area (Å²) < 4.78 is 0. The van der Waals surface area contributed by atoms with E-state index < -0.39 is 0 Å². The molecule has 1 aromatic heterocycles. The van der Waals surface area contributed by atoms with Crippen molar-refractivity contribution in [2.24, 2.45) is 5.41 Å². The first-order valence-electron chi connectivity index (χ1n) is 5.69. The van der Waals surface area contributed by atoms with Crippen molar-refractivity contribution < 1.29 is 9.90 Å². The van der Waals surface area contributed by atoms with Gasteiger partial charge in [-0.15, -0.1) is 0 Å². The number of carbonyl (C=O) groups is 1. The molecule has 0 aromatic carbocycles. The van der Waals surface area contributed by atoms with Crippen LogP contribution in [0.5, 0.6) is 0 Å². The summed E-state index contributed by atoms with van der Waals surface area (Å²) in [6.07, 6.45) is 0. The molecule has 17 heavy (non-hydrogen) atoms. The van der Waals surface area contributed by atoms with Crippen molar-refractivity contribution in [3.8, 4) is 0 Å². The summed E-state index contributed by atoms with van der Waals surface area (Å²) in [7, 11) is 0. The third-order valence-electron chi connectivity index (χ3n) is 2.63. The molecule has 0 aliphatic heterocycles. The number of aromatic nitrogens is 1. The largest absolute Gasteiger partial charge is 0.396 e. The van der Waals surface area contributed by atoms with Crippen molar-refractivity contribution >= 4 is 5.91 Å². The van der Waals surface area contributed by atoms with Gasteiger partial charge < -0.3 is 10.4 Å². The number of nitrogens with zero attached hydrogens (tertiary/aromatic N) is 1. The van der Waals surface area contributed by atoms with Crippen molar-refractivity contribution in [3.05, 3.63) is 29.1 Å². The van der Waals surface area contributed by atoms with Crippen molar-refractivity contribution in [1.82, 2.24) is 10.3 Å². The van der Waals surface area contributed by atoms with Crippen LogP contribution in [0.2, 0.25) is 0 Å².